The van der Waals surface area contributed by atoms with E-state index >= 15 is 0 Å². The number of aryl methyl sites for hydroxylation is 1. The van der Waals surface area contributed by atoms with Crippen molar-refractivity contribution in [1.82, 2.24) is 10.3 Å². The van der Waals surface area contributed by atoms with E-state index in [4.69, 9.17) is 5.26 Å². The standard InChI is InChI=1S/C13H16N4O/c1-9-2-3-11(8-14)12(17-9)15-6-7-16-13(18)10-4-5-10/h2-3,10H,4-7H2,1H3,(H,15,17)(H,16,18). The van der Waals surface area contributed by atoms with Crippen LogP contribution in [0.5, 0.6) is 0 Å². The number of carbonyl (C=O) groups excluding carboxylic acids is 1. The molecule has 1 aliphatic rings. The maximum absolute atomic E-state index is 11.4. The molecule has 1 aliphatic carbocycles. The molecule has 18 heavy (non-hydrogen) atoms. The second kappa shape index (κ2) is 5.50. The van der Waals surface area contributed by atoms with Crippen LogP contribution in [0.25, 0.3) is 0 Å². The second-order valence-corrected chi connectivity index (χ2v) is 4.45. The topological polar surface area (TPSA) is 77.8 Å². The Morgan fingerprint density at radius 1 is 1.50 bits per heavy atom. The van der Waals surface area contributed by atoms with Crippen molar-refractivity contribution in [3.05, 3.63) is 23.4 Å². The van der Waals surface area contributed by atoms with Gasteiger partial charge in [-0.1, -0.05) is 0 Å². The van der Waals surface area contributed by atoms with Gasteiger partial charge in [-0.15, -0.1) is 0 Å². The van der Waals surface area contributed by atoms with Crippen LogP contribution < -0.4 is 10.6 Å². The minimum absolute atomic E-state index is 0.134. The van der Waals surface area contributed by atoms with Crippen molar-refractivity contribution < 1.29 is 4.79 Å². The molecule has 0 saturated heterocycles. The summed E-state index contributed by atoms with van der Waals surface area (Å²) in [6.07, 6.45) is 2.02. The highest BCUT2D eigenvalue weighted by Crippen LogP contribution is 2.28. The van der Waals surface area contributed by atoms with Crippen molar-refractivity contribution in [2.75, 3.05) is 18.4 Å². The molecule has 94 valence electrons. The Balaban J connectivity index is 1.80. The van der Waals surface area contributed by atoms with Gasteiger partial charge in [-0.25, -0.2) is 4.98 Å². The summed E-state index contributed by atoms with van der Waals surface area (Å²) >= 11 is 0. The van der Waals surface area contributed by atoms with E-state index < -0.39 is 0 Å². The Labute approximate surface area is 106 Å². The maximum Gasteiger partial charge on any atom is 0.223 e. The highest BCUT2D eigenvalue weighted by Gasteiger charge is 2.28. The van der Waals surface area contributed by atoms with Crippen LogP contribution in [-0.4, -0.2) is 24.0 Å². The number of rotatable bonds is 5. The summed E-state index contributed by atoms with van der Waals surface area (Å²) in [5, 5.41) is 14.9. The first kappa shape index (κ1) is 12.4. The predicted octanol–water partition coefficient (Wildman–Crippen LogP) is 1.20. The summed E-state index contributed by atoms with van der Waals surface area (Å²) < 4.78 is 0. The number of hydrogen-bond acceptors (Lipinski definition) is 4. The third-order valence-electron chi connectivity index (χ3n) is 2.82. The lowest BCUT2D eigenvalue weighted by atomic mass is 10.2. The zero-order chi connectivity index (χ0) is 13.0. The molecule has 0 aliphatic heterocycles. The van der Waals surface area contributed by atoms with E-state index in [1.165, 1.54) is 0 Å². The largest absolute Gasteiger partial charge is 0.367 e. The molecule has 0 bridgehead atoms. The Bertz CT molecular complexity index is 488. The summed E-state index contributed by atoms with van der Waals surface area (Å²) in [5.41, 5.74) is 1.38. The number of pyridine rings is 1. The lowest BCUT2D eigenvalue weighted by Crippen LogP contribution is -2.30. The second-order valence-electron chi connectivity index (χ2n) is 4.45. The van der Waals surface area contributed by atoms with E-state index in [1.54, 1.807) is 12.1 Å². The number of carbonyl (C=O) groups is 1. The highest BCUT2D eigenvalue weighted by molar-refractivity contribution is 5.80. The molecule has 0 radical (unpaired) electrons. The molecule has 0 unspecified atom stereocenters. The molecule has 5 nitrogen and oxygen atoms in total. The van der Waals surface area contributed by atoms with E-state index in [0.717, 1.165) is 18.5 Å². The molecule has 5 heteroatoms. The van der Waals surface area contributed by atoms with Gasteiger partial charge in [0, 0.05) is 24.7 Å². The van der Waals surface area contributed by atoms with Crippen LogP contribution in [0.1, 0.15) is 24.1 Å². The number of nitrogens with zero attached hydrogens (tertiary/aromatic N) is 2. The fourth-order valence-electron chi connectivity index (χ4n) is 1.64. The average molecular weight is 244 g/mol. The molecular formula is C13H16N4O. The third-order valence-corrected chi connectivity index (χ3v) is 2.82. The molecule has 1 aromatic rings. The molecule has 1 saturated carbocycles. The summed E-state index contributed by atoms with van der Waals surface area (Å²) in [5.74, 6) is 0.949. The number of nitrogens with one attached hydrogen (secondary N) is 2. The van der Waals surface area contributed by atoms with Gasteiger partial charge in [0.1, 0.15) is 11.9 Å². The van der Waals surface area contributed by atoms with Crippen LogP contribution in [0.15, 0.2) is 12.1 Å². The fourth-order valence-corrected chi connectivity index (χ4v) is 1.64. The first-order chi connectivity index (χ1) is 8.70. The Hall–Kier alpha value is -2.09. The van der Waals surface area contributed by atoms with Crippen molar-refractivity contribution in [2.45, 2.75) is 19.8 Å². The fraction of sp³-hybridized carbons (Fsp3) is 0.462. The van der Waals surface area contributed by atoms with E-state index in [-0.39, 0.29) is 11.8 Å². The van der Waals surface area contributed by atoms with Crippen molar-refractivity contribution >= 4 is 11.7 Å². The molecule has 2 N–H and O–H groups in total. The van der Waals surface area contributed by atoms with E-state index in [2.05, 4.69) is 21.7 Å². The summed E-state index contributed by atoms with van der Waals surface area (Å²) in [4.78, 5) is 15.6. The third kappa shape index (κ3) is 3.20. The van der Waals surface area contributed by atoms with Gasteiger partial charge in [-0.05, 0) is 31.9 Å². The number of amides is 1. The SMILES string of the molecule is Cc1ccc(C#N)c(NCCNC(=O)C2CC2)n1. The van der Waals surface area contributed by atoms with Gasteiger partial charge in [0.25, 0.3) is 0 Å². The highest BCUT2D eigenvalue weighted by atomic mass is 16.2. The van der Waals surface area contributed by atoms with Gasteiger partial charge >= 0.3 is 0 Å². The zero-order valence-electron chi connectivity index (χ0n) is 10.4. The van der Waals surface area contributed by atoms with Crippen LogP contribution in [0.3, 0.4) is 0 Å². The van der Waals surface area contributed by atoms with Crippen molar-refractivity contribution in [1.29, 1.82) is 5.26 Å². The average Bonchev–Trinajstić information content (AvgIpc) is 3.19. The van der Waals surface area contributed by atoms with Gasteiger partial charge < -0.3 is 10.6 Å². The van der Waals surface area contributed by atoms with Gasteiger partial charge in [0.2, 0.25) is 5.91 Å². The van der Waals surface area contributed by atoms with E-state index in [9.17, 15) is 4.79 Å². The molecule has 1 aromatic heterocycles. The Kier molecular flexibility index (Phi) is 3.78. The van der Waals surface area contributed by atoms with E-state index in [0.29, 0.717) is 24.5 Å². The molecule has 0 aromatic carbocycles. The lowest BCUT2D eigenvalue weighted by Gasteiger charge is -2.08. The number of anilines is 1. The van der Waals surface area contributed by atoms with Crippen LogP contribution in [0, 0.1) is 24.2 Å². The number of hydrogen-bond donors (Lipinski definition) is 2. The number of aromatic nitrogens is 1. The van der Waals surface area contributed by atoms with Gasteiger partial charge in [0.15, 0.2) is 0 Å². The van der Waals surface area contributed by atoms with Crippen molar-refractivity contribution in [2.24, 2.45) is 5.92 Å². The van der Waals surface area contributed by atoms with Gasteiger partial charge in [0.05, 0.1) is 5.56 Å². The molecule has 1 heterocycles. The van der Waals surface area contributed by atoms with Crippen LogP contribution >= 0.6 is 0 Å². The first-order valence-electron chi connectivity index (χ1n) is 6.10. The minimum atomic E-state index is 0.134. The quantitative estimate of drug-likeness (QED) is 0.763. The van der Waals surface area contributed by atoms with Crippen molar-refractivity contribution in [3.8, 4) is 6.07 Å². The first-order valence-corrected chi connectivity index (χ1v) is 6.10. The summed E-state index contributed by atoms with van der Waals surface area (Å²) in [6.45, 7) is 3.00. The predicted molar refractivity (Wildman–Crippen MR) is 67.9 cm³/mol. The van der Waals surface area contributed by atoms with Gasteiger partial charge in [-0.3, -0.25) is 4.79 Å². The summed E-state index contributed by atoms with van der Waals surface area (Å²) in [6, 6.07) is 5.64. The molecule has 0 spiro atoms. The Morgan fingerprint density at radius 3 is 2.94 bits per heavy atom. The monoisotopic (exact) mass is 244 g/mol. The van der Waals surface area contributed by atoms with Crippen LogP contribution in [0.4, 0.5) is 5.82 Å². The van der Waals surface area contributed by atoms with Gasteiger partial charge in [-0.2, -0.15) is 5.26 Å². The van der Waals surface area contributed by atoms with Crippen LogP contribution in [0.2, 0.25) is 0 Å². The summed E-state index contributed by atoms with van der Waals surface area (Å²) in [7, 11) is 0. The Morgan fingerprint density at radius 2 is 2.28 bits per heavy atom. The molecule has 1 fully saturated rings. The van der Waals surface area contributed by atoms with Crippen LogP contribution in [-0.2, 0) is 4.79 Å². The normalized spacial score (nSPS) is 13.8. The van der Waals surface area contributed by atoms with Crippen molar-refractivity contribution in [3.63, 3.8) is 0 Å². The minimum Gasteiger partial charge on any atom is -0.367 e. The molecular weight excluding hydrogens is 228 g/mol. The number of nitriles is 1. The zero-order valence-corrected chi connectivity index (χ0v) is 10.4. The molecule has 1 amide bonds. The smallest absolute Gasteiger partial charge is 0.223 e. The molecule has 2 rings (SSSR count). The molecule has 0 atom stereocenters. The maximum atomic E-state index is 11.4. The lowest BCUT2D eigenvalue weighted by molar-refractivity contribution is -0.122. The van der Waals surface area contributed by atoms with E-state index in [1.807, 2.05) is 6.92 Å².